The number of ether oxygens (including phenoxy) is 1. The highest BCUT2D eigenvalue weighted by atomic mass is 16.5. The molecule has 1 heterocycles. The summed E-state index contributed by atoms with van der Waals surface area (Å²) in [6.07, 6.45) is 13.6. The van der Waals surface area contributed by atoms with Crippen molar-refractivity contribution in [2.45, 2.75) is 51.7 Å². The highest BCUT2D eigenvalue weighted by molar-refractivity contribution is 5.16. The Kier molecular flexibility index (Phi) is 5.08. The zero-order valence-electron chi connectivity index (χ0n) is 12.4. The van der Waals surface area contributed by atoms with Crippen molar-refractivity contribution in [3.8, 4) is 0 Å². The maximum Gasteiger partial charge on any atom is 0.0610 e. The summed E-state index contributed by atoms with van der Waals surface area (Å²) in [4.78, 5) is 2.50. The summed E-state index contributed by atoms with van der Waals surface area (Å²) in [5.74, 6) is 0. The van der Waals surface area contributed by atoms with Crippen LogP contribution in [0.25, 0.3) is 0 Å². The van der Waals surface area contributed by atoms with E-state index in [0.717, 1.165) is 32.2 Å². The van der Waals surface area contributed by atoms with Crippen LogP contribution in [0, 0.1) is 0 Å². The monoisotopic (exact) mass is 262 g/mol. The van der Waals surface area contributed by atoms with Gasteiger partial charge >= 0.3 is 0 Å². The Morgan fingerprint density at radius 1 is 1.42 bits per heavy atom. The van der Waals surface area contributed by atoms with Crippen LogP contribution in [0.1, 0.15) is 39.5 Å². The number of hydrogen-bond acceptors (Lipinski definition) is 3. The maximum absolute atomic E-state index is 5.43. The van der Waals surface area contributed by atoms with E-state index in [2.05, 4.69) is 42.3 Å². The topological polar surface area (TPSA) is 24.5 Å². The molecule has 1 aliphatic carbocycles. The average Bonchev–Trinajstić information content (AvgIpc) is 2.46. The largest absolute Gasteiger partial charge is 0.381 e. The summed E-state index contributed by atoms with van der Waals surface area (Å²) < 4.78 is 5.43. The van der Waals surface area contributed by atoms with Gasteiger partial charge in [0.05, 0.1) is 12.6 Å². The van der Waals surface area contributed by atoms with Crippen LogP contribution < -0.4 is 5.32 Å². The molecule has 0 aromatic rings. The van der Waals surface area contributed by atoms with Crippen molar-refractivity contribution in [2.24, 2.45) is 0 Å². The average molecular weight is 262 g/mol. The normalized spacial score (nSPS) is 22.8. The first-order valence-corrected chi connectivity index (χ1v) is 7.29. The van der Waals surface area contributed by atoms with E-state index in [1.54, 1.807) is 0 Å². The van der Waals surface area contributed by atoms with Gasteiger partial charge in [-0.2, -0.15) is 0 Å². The Morgan fingerprint density at radius 3 is 2.79 bits per heavy atom. The lowest BCUT2D eigenvalue weighted by Gasteiger charge is -2.35. The van der Waals surface area contributed by atoms with Crippen LogP contribution in [-0.4, -0.2) is 30.7 Å². The third-order valence-corrected chi connectivity index (χ3v) is 3.89. The number of allylic oxidation sites excluding steroid dienone is 3. The fourth-order valence-electron chi connectivity index (χ4n) is 2.68. The summed E-state index contributed by atoms with van der Waals surface area (Å²) in [5.41, 5.74) is 2.78. The standard InChI is InChI=1S/C16H26N2O/c1-13(2)18(12-14-6-4-5-11-17-14)15-7-9-16(19-3)10-8-15/h5-7,11,13,16-17H,4,8-10,12H2,1-3H3/t16-/m0/s1. The number of hydrogen-bond donors (Lipinski definition) is 1. The van der Waals surface area contributed by atoms with Crippen LogP contribution in [0.15, 0.2) is 35.8 Å². The van der Waals surface area contributed by atoms with E-state index in [4.69, 9.17) is 4.74 Å². The zero-order valence-corrected chi connectivity index (χ0v) is 12.4. The van der Waals surface area contributed by atoms with Crippen molar-refractivity contribution in [2.75, 3.05) is 13.7 Å². The Labute approximate surface area is 117 Å². The highest BCUT2D eigenvalue weighted by Gasteiger charge is 2.20. The Morgan fingerprint density at radius 2 is 2.26 bits per heavy atom. The molecule has 0 amide bonds. The minimum Gasteiger partial charge on any atom is -0.381 e. The van der Waals surface area contributed by atoms with Gasteiger partial charge in [-0.25, -0.2) is 0 Å². The lowest BCUT2D eigenvalue weighted by atomic mass is 9.99. The van der Waals surface area contributed by atoms with E-state index in [1.807, 2.05) is 13.3 Å². The first-order valence-electron chi connectivity index (χ1n) is 7.29. The molecule has 1 N–H and O–H groups in total. The predicted octanol–water partition coefficient (Wildman–Crippen LogP) is 3.17. The molecular weight excluding hydrogens is 236 g/mol. The van der Waals surface area contributed by atoms with Gasteiger partial charge in [-0.15, -0.1) is 0 Å². The van der Waals surface area contributed by atoms with Gasteiger partial charge in [0, 0.05) is 24.5 Å². The first-order chi connectivity index (χ1) is 9.20. The summed E-state index contributed by atoms with van der Waals surface area (Å²) in [6, 6.07) is 0.527. The molecule has 0 saturated carbocycles. The van der Waals surface area contributed by atoms with Crippen LogP contribution in [-0.2, 0) is 4.74 Å². The molecule has 0 aromatic heterocycles. The van der Waals surface area contributed by atoms with Crippen molar-refractivity contribution >= 4 is 0 Å². The summed E-state index contributed by atoms with van der Waals surface area (Å²) >= 11 is 0. The van der Waals surface area contributed by atoms with E-state index in [-0.39, 0.29) is 0 Å². The Balaban J connectivity index is 2.00. The molecule has 0 saturated heterocycles. The smallest absolute Gasteiger partial charge is 0.0610 e. The molecule has 106 valence electrons. The third-order valence-electron chi connectivity index (χ3n) is 3.89. The van der Waals surface area contributed by atoms with Crippen molar-refractivity contribution in [3.63, 3.8) is 0 Å². The number of methoxy groups -OCH3 is 1. The maximum atomic E-state index is 5.43. The molecule has 1 atom stereocenters. The predicted molar refractivity (Wildman–Crippen MR) is 79.5 cm³/mol. The zero-order chi connectivity index (χ0) is 13.7. The molecule has 0 spiro atoms. The minimum absolute atomic E-state index is 0.410. The van der Waals surface area contributed by atoms with Gasteiger partial charge < -0.3 is 15.0 Å². The number of rotatable bonds is 5. The number of nitrogens with one attached hydrogen (secondary N) is 1. The van der Waals surface area contributed by atoms with Gasteiger partial charge in [0.1, 0.15) is 0 Å². The summed E-state index contributed by atoms with van der Waals surface area (Å²) in [7, 11) is 1.81. The lowest BCUT2D eigenvalue weighted by molar-refractivity contribution is 0.0888. The number of nitrogens with zero attached hydrogens (tertiary/aromatic N) is 1. The molecule has 0 fully saturated rings. The quantitative estimate of drug-likeness (QED) is 0.823. The van der Waals surface area contributed by atoms with E-state index in [0.29, 0.717) is 12.1 Å². The van der Waals surface area contributed by atoms with Crippen molar-refractivity contribution in [1.29, 1.82) is 0 Å². The molecule has 0 unspecified atom stereocenters. The molecule has 3 nitrogen and oxygen atoms in total. The molecule has 0 aromatic carbocycles. The van der Waals surface area contributed by atoms with E-state index in [1.165, 1.54) is 11.4 Å². The number of dihydropyridines is 1. The SMILES string of the molecule is CO[C@H]1CC=C(N(CC2=CCC=CN2)C(C)C)CC1. The van der Waals surface area contributed by atoms with Crippen molar-refractivity contribution in [1.82, 2.24) is 10.2 Å². The minimum atomic E-state index is 0.410. The van der Waals surface area contributed by atoms with Gasteiger partial charge in [0.15, 0.2) is 0 Å². The van der Waals surface area contributed by atoms with Crippen LogP contribution in [0.4, 0.5) is 0 Å². The Hall–Kier alpha value is -1.22. The second kappa shape index (κ2) is 6.80. The van der Waals surface area contributed by atoms with Gasteiger partial charge in [0.25, 0.3) is 0 Å². The van der Waals surface area contributed by atoms with Gasteiger partial charge in [-0.05, 0) is 45.7 Å². The summed E-state index contributed by atoms with van der Waals surface area (Å²) in [6.45, 7) is 5.51. The first kappa shape index (κ1) is 14.2. The van der Waals surface area contributed by atoms with Gasteiger partial charge in [0.2, 0.25) is 0 Å². The summed E-state index contributed by atoms with van der Waals surface area (Å²) in [5, 5.41) is 3.35. The fourth-order valence-corrected chi connectivity index (χ4v) is 2.68. The van der Waals surface area contributed by atoms with E-state index < -0.39 is 0 Å². The van der Waals surface area contributed by atoms with Crippen LogP contribution in [0.2, 0.25) is 0 Å². The fraction of sp³-hybridized carbons (Fsp3) is 0.625. The third kappa shape index (κ3) is 3.87. The van der Waals surface area contributed by atoms with Gasteiger partial charge in [-0.1, -0.05) is 18.2 Å². The molecule has 3 heteroatoms. The lowest BCUT2D eigenvalue weighted by Crippen LogP contribution is -2.36. The second-order valence-electron chi connectivity index (χ2n) is 5.56. The molecule has 0 bridgehead atoms. The molecule has 19 heavy (non-hydrogen) atoms. The molecule has 1 aliphatic heterocycles. The van der Waals surface area contributed by atoms with Crippen molar-refractivity contribution < 1.29 is 4.74 Å². The molecular formula is C16H26N2O. The van der Waals surface area contributed by atoms with Crippen LogP contribution >= 0.6 is 0 Å². The van der Waals surface area contributed by atoms with Crippen molar-refractivity contribution in [3.05, 3.63) is 35.8 Å². The Bertz CT molecular complexity index is 382. The van der Waals surface area contributed by atoms with Crippen LogP contribution in [0.5, 0.6) is 0 Å². The van der Waals surface area contributed by atoms with E-state index >= 15 is 0 Å². The van der Waals surface area contributed by atoms with Gasteiger partial charge in [-0.3, -0.25) is 0 Å². The highest BCUT2D eigenvalue weighted by Crippen LogP contribution is 2.25. The molecule has 2 rings (SSSR count). The molecule has 0 radical (unpaired) electrons. The second-order valence-corrected chi connectivity index (χ2v) is 5.56. The van der Waals surface area contributed by atoms with Crippen LogP contribution in [0.3, 0.4) is 0 Å². The van der Waals surface area contributed by atoms with E-state index in [9.17, 15) is 0 Å². The molecule has 2 aliphatic rings.